The summed E-state index contributed by atoms with van der Waals surface area (Å²) in [6, 6.07) is 8.64. The second-order valence-corrected chi connectivity index (χ2v) is 6.78. The van der Waals surface area contributed by atoms with Gasteiger partial charge >= 0.3 is 12.1 Å². The summed E-state index contributed by atoms with van der Waals surface area (Å²) in [5, 5.41) is 10.9. The van der Waals surface area contributed by atoms with Crippen LogP contribution < -0.4 is 4.74 Å². The van der Waals surface area contributed by atoms with Crippen LogP contribution in [0.4, 0.5) is 13.2 Å². The number of hydrogen-bond acceptors (Lipinski definition) is 5. The lowest BCUT2D eigenvalue weighted by molar-refractivity contribution is -0.137. The molecule has 1 heterocycles. The van der Waals surface area contributed by atoms with Crippen molar-refractivity contribution >= 4 is 28.3 Å². The molecule has 30 heavy (non-hydrogen) atoms. The minimum absolute atomic E-state index is 0.0527. The lowest BCUT2D eigenvalue weighted by atomic mass is 10.1. The molecule has 0 bridgehead atoms. The molecule has 0 atom stereocenters. The largest absolute Gasteiger partial charge is 0.505 e. The zero-order chi connectivity index (χ0) is 21.9. The Kier molecular flexibility index (Phi) is 6.36. The van der Waals surface area contributed by atoms with Crippen molar-refractivity contribution in [3.8, 4) is 17.2 Å². The van der Waals surface area contributed by atoms with Gasteiger partial charge in [0, 0.05) is 10.8 Å². The van der Waals surface area contributed by atoms with Crippen LogP contribution in [0.1, 0.15) is 35.8 Å². The van der Waals surface area contributed by atoms with E-state index in [9.17, 15) is 23.1 Å². The number of fused-ring (bicyclic) bond motifs is 1. The van der Waals surface area contributed by atoms with Crippen molar-refractivity contribution < 1.29 is 32.5 Å². The van der Waals surface area contributed by atoms with E-state index in [0.29, 0.717) is 11.8 Å². The van der Waals surface area contributed by atoms with Gasteiger partial charge in [-0.2, -0.15) is 13.2 Å². The number of carbonyl (C=O) groups excluding carboxylic acids is 1. The van der Waals surface area contributed by atoms with Crippen LogP contribution in [-0.4, -0.2) is 22.7 Å². The van der Waals surface area contributed by atoms with E-state index in [1.165, 1.54) is 30.3 Å². The first kappa shape index (κ1) is 21.7. The number of alkyl halides is 3. The molecule has 0 radical (unpaired) electrons. The second-order valence-electron chi connectivity index (χ2n) is 6.42. The normalized spacial score (nSPS) is 11.5. The minimum Gasteiger partial charge on any atom is -0.505 e. The van der Waals surface area contributed by atoms with Crippen molar-refractivity contribution in [1.29, 1.82) is 0 Å². The van der Waals surface area contributed by atoms with E-state index >= 15 is 0 Å². The van der Waals surface area contributed by atoms with E-state index in [1.54, 1.807) is 0 Å². The zero-order valence-electron chi connectivity index (χ0n) is 15.8. The molecule has 9 heteroatoms. The van der Waals surface area contributed by atoms with Gasteiger partial charge in [0.1, 0.15) is 16.7 Å². The van der Waals surface area contributed by atoms with Crippen LogP contribution in [0.15, 0.2) is 42.5 Å². The van der Waals surface area contributed by atoms with Gasteiger partial charge in [-0.25, -0.2) is 9.78 Å². The number of hydrogen-bond donors (Lipinski definition) is 1. The van der Waals surface area contributed by atoms with E-state index in [1.807, 2.05) is 6.92 Å². The smallest absolute Gasteiger partial charge is 0.416 e. The van der Waals surface area contributed by atoms with Gasteiger partial charge < -0.3 is 14.6 Å². The van der Waals surface area contributed by atoms with E-state index in [4.69, 9.17) is 21.1 Å². The summed E-state index contributed by atoms with van der Waals surface area (Å²) >= 11 is 6.17. The highest BCUT2D eigenvalue weighted by Crippen LogP contribution is 2.36. The number of ether oxygens (including phenoxy) is 2. The predicted molar refractivity (Wildman–Crippen MR) is 105 cm³/mol. The SMILES string of the molecule is CCCCOC(=O)c1nc(Cl)c2cc(Oc3ccc(C(F)(F)F)cc3)ccc2c1O. The molecule has 0 amide bonds. The van der Waals surface area contributed by atoms with E-state index in [2.05, 4.69) is 4.98 Å². The predicted octanol–water partition coefficient (Wildman–Crippen LogP) is 6.36. The minimum atomic E-state index is -4.44. The number of pyridine rings is 1. The van der Waals surface area contributed by atoms with Crippen molar-refractivity contribution in [3.05, 3.63) is 58.9 Å². The zero-order valence-corrected chi connectivity index (χ0v) is 16.5. The van der Waals surface area contributed by atoms with Gasteiger partial charge in [-0.05, 0) is 48.9 Å². The summed E-state index contributed by atoms with van der Waals surface area (Å²) in [5.74, 6) is -0.706. The maximum Gasteiger partial charge on any atom is 0.416 e. The summed E-state index contributed by atoms with van der Waals surface area (Å²) < 4.78 is 48.6. The van der Waals surface area contributed by atoms with Gasteiger partial charge in [0.2, 0.25) is 0 Å². The van der Waals surface area contributed by atoms with Crippen molar-refractivity contribution in [2.75, 3.05) is 6.61 Å². The van der Waals surface area contributed by atoms with Crippen LogP contribution in [0.2, 0.25) is 5.15 Å². The number of rotatable bonds is 6. The highest BCUT2D eigenvalue weighted by Gasteiger charge is 2.30. The van der Waals surface area contributed by atoms with Gasteiger partial charge in [-0.1, -0.05) is 24.9 Å². The molecule has 0 saturated heterocycles. The van der Waals surface area contributed by atoms with Crippen LogP contribution in [0.5, 0.6) is 17.2 Å². The first-order valence-electron chi connectivity index (χ1n) is 9.05. The summed E-state index contributed by atoms with van der Waals surface area (Å²) in [4.78, 5) is 16.1. The molecular formula is C21H17ClF3NO4. The monoisotopic (exact) mass is 439 g/mol. The lowest BCUT2D eigenvalue weighted by Crippen LogP contribution is -2.09. The Labute approximate surface area is 175 Å². The van der Waals surface area contributed by atoms with E-state index in [-0.39, 0.29) is 40.1 Å². The molecule has 1 aromatic heterocycles. The number of carbonyl (C=O) groups is 1. The fraction of sp³-hybridized carbons (Fsp3) is 0.238. The topological polar surface area (TPSA) is 68.7 Å². The van der Waals surface area contributed by atoms with Crippen molar-refractivity contribution in [2.24, 2.45) is 0 Å². The number of benzene rings is 2. The number of aromatic hydroxyl groups is 1. The average molecular weight is 440 g/mol. The number of halogens is 4. The number of aromatic nitrogens is 1. The first-order chi connectivity index (χ1) is 14.2. The molecule has 0 unspecified atom stereocenters. The molecule has 0 aliphatic carbocycles. The first-order valence-corrected chi connectivity index (χ1v) is 9.43. The molecule has 3 aromatic rings. The van der Waals surface area contributed by atoms with Crippen LogP contribution in [0.3, 0.4) is 0 Å². The van der Waals surface area contributed by atoms with Gasteiger partial charge in [0.15, 0.2) is 11.4 Å². The van der Waals surface area contributed by atoms with Gasteiger partial charge in [-0.3, -0.25) is 0 Å². The maximum absolute atomic E-state index is 12.7. The van der Waals surface area contributed by atoms with Crippen LogP contribution in [-0.2, 0) is 10.9 Å². The maximum atomic E-state index is 12.7. The van der Waals surface area contributed by atoms with E-state index < -0.39 is 17.7 Å². The molecule has 0 aliphatic rings. The summed E-state index contributed by atoms with van der Waals surface area (Å²) in [7, 11) is 0. The van der Waals surface area contributed by atoms with Crippen LogP contribution >= 0.6 is 11.6 Å². The Bertz CT molecular complexity index is 1070. The molecule has 3 rings (SSSR count). The summed E-state index contributed by atoms with van der Waals surface area (Å²) in [6.07, 6.45) is -2.92. The lowest BCUT2D eigenvalue weighted by Gasteiger charge is -2.12. The second kappa shape index (κ2) is 8.79. The molecule has 5 nitrogen and oxygen atoms in total. The number of esters is 1. The van der Waals surface area contributed by atoms with Crippen molar-refractivity contribution in [1.82, 2.24) is 4.98 Å². The molecule has 0 saturated carbocycles. The molecule has 0 aliphatic heterocycles. The Balaban J connectivity index is 1.87. The summed E-state index contributed by atoms with van der Waals surface area (Å²) in [6.45, 7) is 2.15. The van der Waals surface area contributed by atoms with Crippen molar-refractivity contribution in [2.45, 2.75) is 25.9 Å². The van der Waals surface area contributed by atoms with Crippen LogP contribution in [0, 0.1) is 0 Å². The third-order valence-corrected chi connectivity index (χ3v) is 4.53. The highest BCUT2D eigenvalue weighted by atomic mass is 35.5. The molecule has 2 aromatic carbocycles. The van der Waals surface area contributed by atoms with Gasteiger partial charge in [0.05, 0.1) is 12.2 Å². The fourth-order valence-corrected chi connectivity index (χ4v) is 2.91. The van der Waals surface area contributed by atoms with Crippen LogP contribution in [0.25, 0.3) is 10.8 Å². The van der Waals surface area contributed by atoms with Crippen molar-refractivity contribution in [3.63, 3.8) is 0 Å². The standard InChI is InChI=1S/C21H17ClF3NO4/c1-2-3-10-29-20(28)17-18(27)15-9-8-14(11-16(15)19(22)26-17)30-13-6-4-12(5-7-13)21(23,24)25/h4-9,11,27H,2-3,10H2,1H3. The average Bonchev–Trinajstić information content (AvgIpc) is 2.70. The molecule has 0 fully saturated rings. The summed E-state index contributed by atoms with van der Waals surface area (Å²) in [5.41, 5.74) is -1.08. The Morgan fingerprint density at radius 1 is 1.10 bits per heavy atom. The molecular weight excluding hydrogens is 423 g/mol. The quantitative estimate of drug-likeness (QED) is 0.275. The third kappa shape index (κ3) is 4.76. The number of nitrogens with zero attached hydrogens (tertiary/aromatic N) is 1. The molecule has 1 N–H and O–H groups in total. The third-order valence-electron chi connectivity index (χ3n) is 4.24. The van der Waals surface area contributed by atoms with E-state index in [0.717, 1.165) is 18.6 Å². The Morgan fingerprint density at radius 2 is 1.77 bits per heavy atom. The van der Waals surface area contributed by atoms with Gasteiger partial charge in [0.25, 0.3) is 0 Å². The highest BCUT2D eigenvalue weighted by molar-refractivity contribution is 6.35. The fourth-order valence-electron chi connectivity index (χ4n) is 2.67. The Morgan fingerprint density at radius 3 is 2.40 bits per heavy atom. The van der Waals surface area contributed by atoms with Gasteiger partial charge in [-0.15, -0.1) is 0 Å². The molecule has 0 spiro atoms. The molecule has 158 valence electrons. The number of unbranched alkanes of at least 4 members (excludes halogenated alkanes) is 1. The Hall–Kier alpha value is -3.00.